The van der Waals surface area contributed by atoms with Gasteiger partial charge in [0.2, 0.25) is 0 Å². The van der Waals surface area contributed by atoms with Crippen molar-refractivity contribution in [2.75, 3.05) is 0 Å². The largest absolute Gasteiger partial charge is 0.478 e. The van der Waals surface area contributed by atoms with E-state index in [0.717, 1.165) is 0 Å². The second-order valence-electron chi connectivity index (χ2n) is 3.84. The molecule has 0 bridgehead atoms. The second-order valence-corrected chi connectivity index (χ2v) is 3.84. The fourth-order valence-electron chi connectivity index (χ4n) is 1.23. The quantitative estimate of drug-likeness (QED) is 0.536. The van der Waals surface area contributed by atoms with Crippen molar-refractivity contribution in [3.05, 3.63) is 35.5 Å². The minimum atomic E-state index is -1.22. The van der Waals surface area contributed by atoms with Crippen molar-refractivity contribution in [1.29, 1.82) is 0 Å². The molecule has 0 spiro atoms. The first-order chi connectivity index (χ1) is 7.25. The summed E-state index contributed by atoms with van der Waals surface area (Å²) in [7, 11) is 0. The molecule has 16 heavy (non-hydrogen) atoms. The minimum absolute atomic E-state index is 0.0598. The number of allylic oxidation sites excluding steroid dienone is 2. The second kappa shape index (κ2) is 5.90. The molecule has 88 valence electrons. The van der Waals surface area contributed by atoms with Gasteiger partial charge in [-0.1, -0.05) is 24.3 Å². The molecule has 4 nitrogen and oxygen atoms in total. The monoisotopic (exact) mass is 224 g/mol. The molecular formula is C12H16O4. The first-order valence-electron chi connectivity index (χ1n) is 4.73. The van der Waals surface area contributed by atoms with Crippen LogP contribution in [0.4, 0.5) is 0 Å². The summed E-state index contributed by atoms with van der Waals surface area (Å²) in [4.78, 5) is 21.9. The van der Waals surface area contributed by atoms with E-state index in [1.165, 1.54) is 0 Å². The van der Waals surface area contributed by atoms with E-state index in [0.29, 0.717) is 11.1 Å². The Morgan fingerprint density at radius 1 is 0.875 bits per heavy atom. The van der Waals surface area contributed by atoms with Gasteiger partial charge in [0.1, 0.15) is 0 Å². The van der Waals surface area contributed by atoms with E-state index < -0.39 is 11.9 Å². The van der Waals surface area contributed by atoms with Crippen LogP contribution in [0, 0.1) is 0 Å². The highest BCUT2D eigenvalue weighted by Gasteiger charge is 2.19. The van der Waals surface area contributed by atoms with Crippen molar-refractivity contribution in [1.82, 2.24) is 0 Å². The minimum Gasteiger partial charge on any atom is -0.478 e. The summed E-state index contributed by atoms with van der Waals surface area (Å²) in [5, 5.41) is 17.9. The van der Waals surface area contributed by atoms with Gasteiger partial charge in [0.15, 0.2) is 0 Å². The summed E-state index contributed by atoms with van der Waals surface area (Å²) in [6.07, 6.45) is 0.120. The highest BCUT2D eigenvalue weighted by molar-refractivity contribution is 5.99. The third-order valence-electron chi connectivity index (χ3n) is 1.84. The molecule has 0 aromatic rings. The maximum atomic E-state index is 11.0. The lowest BCUT2D eigenvalue weighted by Crippen LogP contribution is -2.12. The zero-order valence-electron chi connectivity index (χ0n) is 9.54. The Kier molecular flexibility index (Phi) is 5.22. The van der Waals surface area contributed by atoms with Crippen LogP contribution in [0.5, 0.6) is 0 Å². The first-order valence-corrected chi connectivity index (χ1v) is 4.73. The van der Waals surface area contributed by atoms with Crippen LogP contribution in [0.25, 0.3) is 0 Å². The number of carboxylic acid groups (broad SMARTS) is 2. The maximum absolute atomic E-state index is 11.0. The molecule has 0 aliphatic carbocycles. The summed E-state index contributed by atoms with van der Waals surface area (Å²) >= 11 is 0. The zero-order chi connectivity index (χ0) is 12.9. The van der Waals surface area contributed by atoms with Gasteiger partial charge in [-0.15, -0.1) is 0 Å². The van der Waals surface area contributed by atoms with E-state index >= 15 is 0 Å². The number of rotatable bonds is 6. The molecule has 0 saturated carbocycles. The summed E-state index contributed by atoms with van der Waals surface area (Å²) in [6, 6.07) is 0. The molecule has 0 saturated heterocycles. The van der Waals surface area contributed by atoms with Crippen LogP contribution in [0.3, 0.4) is 0 Å². The van der Waals surface area contributed by atoms with Gasteiger partial charge in [-0.05, 0) is 13.8 Å². The first kappa shape index (κ1) is 14.2. The Morgan fingerprint density at radius 2 is 1.12 bits per heavy atom. The fraction of sp³-hybridized carbons (Fsp3) is 0.333. The summed E-state index contributed by atoms with van der Waals surface area (Å²) in [5.41, 5.74) is 0.974. The van der Waals surface area contributed by atoms with Crippen LogP contribution in [-0.2, 0) is 9.59 Å². The Morgan fingerprint density at radius 3 is 1.25 bits per heavy atom. The normalized spacial score (nSPS) is 11.6. The Labute approximate surface area is 94.6 Å². The van der Waals surface area contributed by atoms with Gasteiger partial charge < -0.3 is 10.2 Å². The van der Waals surface area contributed by atoms with E-state index in [-0.39, 0.29) is 24.0 Å². The van der Waals surface area contributed by atoms with E-state index in [9.17, 15) is 9.59 Å². The van der Waals surface area contributed by atoms with Crippen LogP contribution in [0.15, 0.2) is 35.5 Å². The molecule has 2 N–H and O–H groups in total. The predicted octanol–water partition coefficient (Wildman–Crippen LogP) is 2.38. The molecule has 0 atom stereocenters. The van der Waals surface area contributed by atoms with E-state index in [2.05, 4.69) is 13.2 Å². The highest BCUT2D eigenvalue weighted by atomic mass is 16.4. The number of carboxylic acids is 2. The molecular weight excluding hydrogens is 208 g/mol. The molecule has 4 heteroatoms. The number of carbonyl (C=O) groups is 2. The van der Waals surface area contributed by atoms with Gasteiger partial charge in [-0.25, -0.2) is 9.59 Å². The van der Waals surface area contributed by atoms with Crippen LogP contribution >= 0.6 is 0 Å². The van der Waals surface area contributed by atoms with Crippen molar-refractivity contribution >= 4 is 11.9 Å². The molecule has 0 aliphatic rings. The molecule has 0 rings (SSSR count). The summed E-state index contributed by atoms with van der Waals surface area (Å²) in [5.74, 6) is -2.44. The smallest absolute Gasteiger partial charge is 0.332 e. The maximum Gasteiger partial charge on any atom is 0.332 e. The van der Waals surface area contributed by atoms with E-state index in [4.69, 9.17) is 10.2 Å². The van der Waals surface area contributed by atoms with Crippen molar-refractivity contribution in [2.45, 2.75) is 26.7 Å². The molecule has 0 radical (unpaired) electrons. The van der Waals surface area contributed by atoms with Gasteiger partial charge in [0.25, 0.3) is 0 Å². The zero-order valence-corrected chi connectivity index (χ0v) is 9.54. The third kappa shape index (κ3) is 4.59. The number of hydrogen-bond donors (Lipinski definition) is 2. The lowest BCUT2D eigenvalue weighted by atomic mass is 9.97. The SMILES string of the molecule is C=C(C)C/C(C(=O)O)=C(/CC(=C)C)C(=O)O. The van der Waals surface area contributed by atoms with E-state index in [1.807, 2.05) is 0 Å². The third-order valence-corrected chi connectivity index (χ3v) is 1.84. The van der Waals surface area contributed by atoms with E-state index in [1.54, 1.807) is 13.8 Å². The number of aliphatic carboxylic acids is 2. The van der Waals surface area contributed by atoms with Crippen molar-refractivity contribution in [3.8, 4) is 0 Å². The van der Waals surface area contributed by atoms with Crippen molar-refractivity contribution in [3.63, 3.8) is 0 Å². The average Bonchev–Trinajstić information content (AvgIpc) is 2.09. The van der Waals surface area contributed by atoms with Gasteiger partial charge in [0, 0.05) is 12.8 Å². The molecule has 0 aromatic heterocycles. The lowest BCUT2D eigenvalue weighted by molar-refractivity contribution is -0.136. The molecule has 0 amide bonds. The predicted molar refractivity (Wildman–Crippen MR) is 61.2 cm³/mol. The highest BCUT2D eigenvalue weighted by Crippen LogP contribution is 2.20. The van der Waals surface area contributed by atoms with Crippen LogP contribution in [-0.4, -0.2) is 22.2 Å². The summed E-state index contributed by atoms with van der Waals surface area (Å²) in [6.45, 7) is 10.5. The molecule has 0 fully saturated rings. The van der Waals surface area contributed by atoms with Gasteiger partial charge in [-0.3, -0.25) is 0 Å². The molecule has 0 aliphatic heterocycles. The standard InChI is InChI=1S/C12H16O4/c1-7(2)5-9(11(13)14)10(12(15)16)6-8(3)4/h1,3,5-6H2,2,4H3,(H,13,14)(H,15,16)/b10-9+. The fourth-order valence-corrected chi connectivity index (χ4v) is 1.23. The summed E-state index contributed by atoms with van der Waals surface area (Å²) < 4.78 is 0. The molecule has 0 aromatic carbocycles. The topological polar surface area (TPSA) is 74.6 Å². The Balaban J connectivity index is 5.43. The van der Waals surface area contributed by atoms with Gasteiger partial charge in [0.05, 0.1) is 11.1 Å². The lowest BCUT2D eigenvalue weighted by Gasteiger charge is -2.08. The van der Waals surface area contributed by atoms with Crippen molar-refractivity contribution in [2.24, 2.45) is 0 Å². The van der Waals surface area contributed by atoms with Gasteiger partial charge >= 0.3 is 11.9 Å². The van der Waals surface area contributed by atoms with Crippen LogP contribution < -0.4 is 0 Å². The molecule has 0 heterocycles. The number of hydrogen-bond acceptors (Lipinski definition) is 2. The van der Waals surface area contributed by atoms with Crippen LogP contribution in [0.2, 0.25) is 0 Å². The Hall–Kier alpha value is -1.84. The van der Waals surface area contributed by atoms with Gasteiger partial charge in [-0.2, -0.15) is 0 Å². The van der Waals surface area contributed by atoms with Crippen LogP contribution in [0.1, 0.15) is 26.7 Å². The molecule has 0 unspecified atom stereocenters. The average molecular weight is 224 g/mol. The Bertz CT molecular complexity index is 338. The van der Waals surface area contributed by atoms with Crippen molar-refractivity contribution < 1.29 is 19.8 Å².